The molecule has 1 N–H and O–H groups in total. The Morgan fingerprint density at radius 3 is 2.74 bits per heavy atom. The number of amides is 1. The topological polar surface area (TPSA) is 84.6 Å². The van der Waals surface area contributed by atoms with Crippen LogP contribution < -0.4 is 5.43 Å². The van der Waals surface area contributed by atoms with Gasteiger partial charge in [0.15, 0.2) is 0 Å². The molecule has 0 radical (unpaired) electrons. The van der Waals surface area contributed by atoms with Crippen molar-refractivity contribution in [1.82, 2.24) is 5.43 Å². The van der Waals surface area contributed by atoms with E-state index in [0.29, 0.717) is 11.1 Å². The molecule has 0 spiro atoms. The average molecular weight is 397 g/mol. The molecule has 1 amide bonds. The number of nitrogens with one attached hydrogen (secondary N) is 1. The normalized spacial score (nSPS) is 10.7. The van der Waals surface area contributed by atoms with Crippen LogP contribution in [-0.4, -0.2) is 17.0 Å². The third kappa shape index (κ3) is 4.37. The number of benzene rings is 2. The number of hydrazone groups is 1. The van der Waals surface area contributed by atoms with Crippen LogP contribution in [0.1, 0.15) is 21.5 Å². The van der Waals surface area contributed by atoms with Gasteiger partial charge in [0, 0.05) is 21.7 Å². The van der Waals surface area contributed by atoms with Crippen LogP contribution in [0.25, 0.3) is 0 Å². The van der Waals surface area contributed by atoms with Gasteiger partial charge in [-0.05, 0) is 30.7 Å². The second-order valence-electron chi connectivity index (χ2n) is 4.63. The third-order valence-corrected chi connectivity index (χ3v) is 4.15. The Bertz CT molecular complexity index is 809. The lowest BCUT2D eigenvalue weighted by molar-refractivity contribution is -0.384. The number of nitrogens with zero attached hydrogens (tertiary/aromatic N) is 2. The van der Waals surface area contributed by atoms with Crippen molar-refractivity contribution in [3.63, 3.8) is 0 Å². The Balaban J connectivity index is 2.09. The lowest BCUT2D eigenvalue weighted by atomic mass is 10.1. The van der Waals surface area contributed by atoms with Crippen LogP contribution >= 0.6 is 27.5 Å². The highest BCUT2D eigenvalue weighted by Crippen LogP contribution is 2.24. The number of halogens is 2. The molecular weight excluding hydrogens is 386 g/mol. The Kier molecular flexibility index (Phi) is 5.46. The van der Waals surface area contributed by atoms with Crippen molar-refractivity contribution < 1.29 is 9.72 Å². The summed E-state index contributed by atoms with van der Waals surface area (Å²) in [6.45, 7) is 1.91. The molecule has 0 atom stereocenters. The minimum atomic E-state index is -0.581. The van der Waals surface area contributed by atoms with Crippen molar-refractivity contribution in [2.45, 2.75) is 6.92 Å². The SMILES string of the molecule is Cc1ccc(C(=O)NN=Cc2ccc(Cl)c([N+](=O)[O-])c2)cc1Br. The summed E-state index contributed by atoms with van der Waals surface area (Å²) in [5.74, 6) is -0.384. The maximum atomic E-state index is 12.0. The molecule has 0 saturated heterocycles. The van der Waals surface area contributed by atoms with E-state index in [-0.39, 0.29) is 16.6 Å². The molecule has 0 saturated carbocycles. The molecular formula is C15H11BrClN3O3. The number of carbonyl (C=O) groups is 1. The summed E-state index contributed by atoms with van der Waals surface area (Å²) < 4.78 is 0.822. The van der Waals surface area contributed by atoms with E-state index < -0.39 is 4.92 Å². The van der Waals surface area contributed by atoms with Crippen molar-refractivity contribution in [1.29, 1.82) is 0 Å². The van der Waals surface area contributed by atoms with Crippen molar-refractivity contribution in [2.24, 2.45) is 5.10 Å². The van der Waals surface area contributed by atoms with Gasteiger partial charge in [0.25, 0.3) is 11.6 Å². The fourth-order valence-electron chi connectivity index (χ4n) is 1.71. The van der Waals surface area contributed by atoms with Gasteiger partial charge in [0.1, 0.15) is 5.02 Å². The van der Waals surface area contributed by atoms with E-state index >= 15 is 0 Å². The smallest absolute Gasteiger partial charge is 0.267 e. The largest absolute Gasteiger partial charge is 0.288 e. The Morgan fingerprint density at radius 1 is 1.35 bits per heavy atom. The first kappa shape index (κ1) is 17.1. The Morgan fingerprint density at radius 2 is 2.09 bits per heavy atom. The molecule has 0 aliphatic carbocycles. The van der Waals surface area contributed by atoms with Crippen molar-refractivity contribution in [3.8, 4) is 0 Å². The van der Waals surface area contributed by atoms with Gasteiger partial charge in [-0.15, -0.1) is 0 Å². The minimum absolute atomic E-state index is 0.0423. The second-order valence-corrected chi connectivity index (χ2v) is 5.89. The lowest BCUT2D eigenvalue weighted by Crippen LogP contribution is -2.17. The molecule has 2 rings (SSSR count). The van der Waals surface area contributed by atoms with Crippen LogP contribution in [0.15, 0.2) is 46.0 Å². The van der Waals surface area contributed by atoms with Crippen LogP contribution in [0.2, 0.25) is 5.02 Å². The highest BCUT2D eigenvalue weighted by molar-refractivity contribution is 9.10. The first-order valence-electron chi connectivity index (χ1n) is 6.42. The van der Waals surface area contributed by atoms with Gasteiger partial charge >= 0.3 is 0 Å². The minimum Gasteiger partial charge on any atom is -0.267 e. The molecule has 0 fully saturated rings. The summed E-state index contributed by atoms with van der Waals surface area (Å²) in [4.78, 5) is 22.2. The average Bonchev–Trinajstić information content (AvgIpc) is 2.51. The molecule has 0 aromatic heterocycles. The van der Waals surface area contributed by atoms with E-state index in [9.17, 15) is 14.9 Å². The van der Waals surface area contributed by atoms with Gasteiger partial charge in [0.05, 0.1) is 11.1 Å². The third-order valence-electron chi connectivity index (χ3n) is 2.98. The zero-order chi connectivity index (χ0) is 17.0. The van der Waals surface area contributed by atoms with E-state index in [1.54, 1.807) is 18.2 Å². The predicted octanol–water partition coefficient (Wildman–Crippen LogP) is 4.08. The molecule has 0 unspecified atom stereocenters. The summed E-state index contributed by atoms with van der Waals surface area (Å²) in [5.41, 5.74) is 4.06. The van der Waals surface area contributed by atoms with Crippen LogP contribution in [0.3, 0.4) is 0 Å². The summed E-state index contributed by atoms with van der Waals surface area (Å²) >= 11 is 9.08. The summed E-state index contributed by atoms with van der Waals surface area (Å²) in [6.07, 6.45) is 1.31. The number of aryl methyl sites for hydroxylation is 1. The first-order valence-corrected chi connectivity index (χ1v) is 7.59. The first-order chi connectivity index (χ1) is 10.9. The fraction of sp³-hybridized carbons (Fsp3) is 0.0667. The van der Waals surface area contributed by atoms with Gasteiger partial charge in [-0.1, -0.05) is 39.7 Å². The van der Waals surface area contributed by atoms with Crippen LogP contribution in [0.4, 0.5) is 5.69 Å². The van der Waals surface area contributed by atoms with Gasteiger partial charge in [-0.3, -0.25) is 14.9 Å². The van der Waals surface area contributed by atoms with E-state index in [1.807, 2.05) is 13.0 Å². The molecule has 0 aliphatic rings. The van der Waals surface area contributed by atoms with E-state index in [0.717, 1.165) is 10.0 Å². The molecule has 2 aromatic carbocycles. The number of rotatable bonds is 4. The maximum Gasteiger partial charge on any atom is 0.288 e. The van der Waals surface area contributed by atoms with Gasteiger partial charge in [-0.2, -0.15) is 5.10 Å². The monoisotopic (exact) mass is 395 g/mol. The molecule has 118 valence electrons. The maximum absolute atomic E-state index is 12.0. The molecule has 0 bridgehead atoms. The molecule has 23 heavy (non-hydrogen) atoms. The van der Waals surface area contributed by atoms with Crippen LogP contribution in [0.5, 0.6) is 0 Å². The van der Waals surface area contributed by atoms with Crippen molar-refractivity contribution in [2.75, 3.05) is 0 Å². The highest BCUT2D eigenvalue weighted by Gasteiger charge is 2.12. The van der Waals surface area contributed by atoms with Crippen LogP contribution in [0, 0.1) is 17.0 Å². The molecule has 0 heterocycles. The van der Waals surface area contributed by atoms with E-state index in [2.05, 4.69) is 26.5 Å². The number of nitro benzene ring substituents is 1. The number of hydrogen-bond donors (Lipinski definition) is 1. The Labute approximate surface area is 145 Å². The predicted molar refractivity (Wildman–Crippen MR) is 92.0 cm³/mol. The fourth-order valence-corrected chi connectivity index (χ4v) is 2.28. The number of carbonyl (C=O) groups excluding carboxylic acids is 1. The van der Waals surface area contributed by atoms with Gasteiger partial charge in [-0.25, -0.2) is 5.43 Å². The summed E-state index contributed by atoms with van der Waals surface area (Å²) in [7, 11) is 0. The Hall–Kier alpha value is -2.25. The molecule has 0 aliphatic heterocycles. The zero-order valence-electron chi connectivity index (χ0n) is 11.9. The number of hydrogen-bond acceptors (Lipinski definition) is 4. The zero-order valence-corrected chi connectivity index (χ0v) is 14.3. The molecule has 8 heteroatoms. The van der Waals surface area contributed by atoms with Crippen LogP contribution in [-0.2, 0) is 0 Å². The van der Waals surface area contributed by atoms with E-state index in [1.165, 1.54) is 18.3 Å². The summed E-state index contributed by atoms with van der Waals surface area (Å²) in [5, 5.41) is 14.6. The molecule has 6 nitrogen and oxygen atoms in total. The van der Waals surface area contributed by atoms with E-state index in [4.69, 9.17) is 11.6 Å². The van der Waals surface area contributed by atoms with Crippen molar-refractivity contribution in [3.05, 3.63) is 72.7 Å². The summed E-state index contributed by atoms with van der Waals surface area (Å²) in [6, 6.07) is 9.42. The number of nitro groups is 1. The van der Waals surface area contributed by atoms with Gasteiger partial charge in [0.2, 0.25) is 0 Å². The van der Waals surface area contributed by atoms with Gasteiger partial charge < -0.3 is 0 Å². The lowest BCUT2D eigenvalue weighted by Gasteiger charge is -2.03. The standard InChI is InChI=1S/C15H11BrClN3O3/c1-9-2-4-11(7-12(9)16)15(21)19-18-8-10-3-5-13(17)14(6-10)20(22)23/h2-8H,1H3,(H,19,21). The molecule has 2 aromatic rings. The second kappa shape index (κ2) is 7.34. The van der Waals surface area contributed by atoms with Crippen molar-refractivity contribution >= 4 is 45.3 Å². The quantitative estimate of drug-likeness (QED) is 0.480. The highest BCUT2D eigenvalue weighted by atomic mass is 79.9.